The van der Waals surface area contributed by atoms with E-state index in [0.29, 0.717) is 19.4 Å². The minimum Gasteiger partial charge on any atom is -0.481 e. The van der Waals surface area contributed by atoms with Gasteiger partial charge in [-0.1, -0.05) is 0 Å². The van der Waals surface area contributed by atoms with Gasteiger partial charge in [0.05, 0.1) is 6.42 Å². The smallest absolute Gasteiger partial charge is 0.326 e. The summed E-state index contributed by atoms with van der Waals surface area (Å²) in [7, 11) is 0. The van der Waals surface area contributed by atoms with Gasteiger partial charge in [-0.15, -0.1) is 0 Å². The van der Waals surface area contributed by atoms with Crippen molar-refractivity contribution >= 4 is 24.4 Å². The molecule has 10 heteroatoms. The van der Waals surface area contributed by atoms with Crippen molar-refractivity contribution in [2.45, 2.75) is 44.4 Å². The van der Waals surface area contributed by atoms with Crippen LogP contribution in [0.15, 0.2) is 0 Å². The molecule has 0 aromatic rings. The van der Waals surface area contributed by atoms with Crippen molar-refractivity contribution in [3.8, 4) is 0 Å². The molecule has 0 bridgehead atoms. The number of aliphatic carboxylic acids is 2. The number of hydrogen-bond acceptors (Lipinski definition) is 6. The van der Waals surface area contributed by atoms with Crippen molar-refractivity contribution < 1.29 is 34.1 Å². The summed E-state index contributed by atoms with van der Waals surface area (Å²) in [6.45, 7) is 0.492. The van der Waals surface area contributed by atoms with Gasteiger partial charge < -0.3 is 31.3 Å². The first-order chi connectivity index (χ1) is 10.4. The second-order valence-corrected chi connectivity index (χ2v) is 4.45. The first-order valence-electron chi connectivity index (χ1n) is 6.71. The molecule has 10 nitrogen and oxygen atoms in total. The lowest BCUT2D eigenvalue weighted by atomic mass is 10.1. The predicted molar refractivity (Wildman–Crippen MR) is 73.8 cm³/mol. The normalized spacial score (nSPS) is 12.8. The SMILES string of the molecule is NCCCC[C@H](NC(=O)N[C@@H](CCC(=O)O)OC=O)C(=O)O. The van der Waals surface area contributed by atoms with E-state index in [1.54, 1.807) is 0 Å². The lowest BCUT2D eigenvalue weighted by Crippen LogP contribution is -2.49. The molecule has 0 fully saturated rings. The molecule has 0 unspecified atom stereocenters. The summed E-state index contributed by atoms with van der Waals surface area (Å²) in [5.41, 5.74) is 5.30. The summed E-state index contributed by atoms with van der Waals surface area (Å²) in [6.07, 6.45) is -0.242. The third-order valence-corrected chi connectivity index (χ3v) is 2.68. The minimum atomic E-state index is -1.20. The van der Waals surface area contributed by atoms with Crippen LogP contribution in [0.25, 0.3) is 0 Å². The lowest BCUT2D eigenvalue weighted by molar-refractivity contribution is -0.141. The van der Waals surface area contributed by atoms with Gasteiger partial charge >= 0.3 is 18.0 Å². The highest BCUT2D eigenvalue weighted by molar-refractivity contribution is 5.82. The van der Waals surface area contributed by atoms with Crippen LogP contribution in [-0.4, -0.2) is 53.5 Å². The Morgan fingerprint density at radius 3 is 2.32 bits per heavy atom. The Balaban J connectivity index is 4.40. The van der Waals surface area contributed by atoms with E-state index in [0.717, 1.165) is 0 Å². The molecule has 0 aliphatic carbocycles. The third-order valence-electron chi connectivity index (χ3n) is 2.68. The van der Waals surface area contributed by atoms with E-state index in [1.165, 1.54) is 0 Å². The van der Waals surface area contributed by atoms with Gasteiger partial charge in [-0.2, -0.15) is 0 Å². The molecule has 22 heavy (non-hydrogen) atoms. The van der Waals surface area contributed by atoms with Crippen molar-refractivity contribution in [3.05, 3.63) is 0 Å². The first kappa shape index (κ1) is 19.6. The highest BCUT2D eigenvalue weighted by Crippen LogP contribution is 2.02. The monoisotopic (exact) mass is 319 g/mol. The van der Waals surface area contributed by atoms with Gasteiger partial charge in [0.25, 0.3) is 6.47 Å². The van der Waals surface area contributed by atoms with Crippen LogP contribution in [0.4, 0.5) is 4.79 Å². The highest BCUT2D eigenvalue weighted by atomic mass is 16.5. The van der Waals surface area contributed by atoms with Crippen molar-refractivity contribution in [1.82, 2.24) is 10.6 Å². The minimum absolute atomic E-state index is 0.0721. The zero-order valence-electron chi connectivity index (χ0n) is 12.0. The number of rotatable bonds is 12. The Morgan fingerprint density at radius 2 is 1.82 bits per heavy atom. The fourth-order valence-electron chi connectivity index (χ4n) is 1.59. The summed E-state index contributed by atoms with van der Waals surface area (Å²) in [4.78, 5) is 43.4. The quantitative estimate of drug-likeness (QED) is 0.177. The van der Waals surface area contributed by atoms with Crippen LogP contribution in [0.2, 0.25) is 0 Å². The van der Waals surface area contributed by atoms with E-state index in [-0.39, 0.29) is 25.7 Å². The number of nitrogens with one attached hydrogen (secondary N) is 2. The van der Waals surface area contributed by atoms with E-state index in [9.17, 15) is 19.2 Å². The van der Waals surface area contributed by atoms with Gasteiger partial charge in [0.2, 0.25) is 0 Å². The molecule has 2 atom stereocenters. The Bertz CT molecular complexity index is 389. The van der Waals surface area contributed by atoms with E-state index >= 15 is 0 Å². The fourth-order valence-corrected chi connectivity index (χ4v) is 1.59. The summed E-state index contributed by atoms with van der Waals surface area (Å²) in [5, 5.41) is 22.0. The van der Waals surface area contributed by atoms with E-state index in [1.807, 2.05) is 0 Å². The number of ether oxygens (including phenoxy) is 1. The van der Waals surface area contributed by atoms with Crippen molar-refractivity contribution in [2.24, 2.45) is 5.73 Å². The molecule has 0 aromatic carbocycles. The van der Waals surface area contributed by atoms with Gasteiger partial charge in [0.15, 0.2) is 6.23 Å². The Kier molecular flexibility index (Phi) is 10.1. The summed E-state index contributed by atoms with van der Waals surface area (Å²) in [6, 6.07) is -1.97. The molecule has 126 valence electrons. The highest BCUT2D eigenvalue weighted by Gasteiger charge is 2.21. The van der Waals surface area contributed by atoms with E-state index < -0.39 is 30.2 Å². The number of urea groups is 1. The number of carbonyl (C=O) groups excluding carboxylic acids is 2. The molecule has 0 saturated carbocycles. The van der Waals surface area contributed by atoms with Crippen LogP contribution in [0.1, 0.15) is 32.1 Å². The Labute approximate surface area is 127 Å². The predicted octanol–water partition coefficient (Wildman–Crippen LogP) is -0.768. The van der Waals surface area contributed by atoms with Gasteiger partial charge in [-0.05, 0) is 25.8 Å². The molecule has 0 heterocycles. The molecular formula is C12H21N3O7. The zero-order chi connectivity index (χ0) is 17.0. The molecule has 0 aliphatic heterocycles. The maximum Gasteiger partial charge on any atom is 0.326 e. The molecule has 0 saturated heterocycles. The molecule has 0 aromatic heterocycles. The summed E-state index contributed by atoms with van der Waals surface area (Å²) < 4.78 is 4.52. The number of carbonyl (C=O) groups is 4. The Morgan fingerprint density at radius 1 is 1.14 bits per heavy atom. The molecule has 0 aliphatic rings. The average Bonchev–Trinajstić information content (AvgIpc) is 2.43. The number of hydrogen-bond donors (Lipinski definition) is 5. The molecule has 6 N–H and O–H groups in total. The van der Waals surface area contributed by atoms with Crippen LogP contribution in [-0.2, 0) is 19.1 Å². The summed E-state index contributed by atoms with van der Waals surface area (Å²) in [5.74, 6) is -2.32. The van der Waals surface area contributed by atoms with Gasteiger partial charge in [0.1, 0.15) is 6.04 Å². The first-order valence-corrected chi connectivity index (χ1v) is 6.71. The summed E-state index contributed by atoms with van der Waals surface area (Å²) >= 11 is 0. The second-order valence-electron chi connectivity index (χ2n) is 4.45. The standard InChI is InChI=1S/C12H21N3O7/c13-6-2-1-3-8(11(19)20)14-12(21)15-9(22-7-16)4-5-10(17)18/h7-9H,1-6,13H2,(H,17,18)(H,19,20)(H2,14,15,21)/t8-,9+/m0/s1. The van der Waals surface area contributed by atoms with Crippen molar-refractivity contribution in [3.63, 3.8) is 0 Å². The topological polar surface area (TPSA) is 168 Å². The molecular weight excluding hydrogens is 298 g/mol. The molecule has 0 rings (SSSR count). The number of amides is 2. The maximum absolute atomic E-state index is 11.7. The lowest BCUT2D eigenvalue weighted by Gasteiger charge is -2.19. The Hall–Kier alpha value is -2.36. The van der Waals surface area contributed by atoms with Crippen molar-refractivity contribution in [2.75, 3.05) is 6.54 Å². The molecule has 0 radical (unpaired) electrons. The number of carboxylic acid groups (broad SMARTS) is 2. The van der Waals surface area contributed by atoms with Crippen LogP contribution in [0, 0.1) is 0 Å². The van der Waals surface area contributed by atoms with Crippen LogP contribution >= 0.6 is 0 Å². The largest absolute Gasteiger partial charge is 0.481 e. The van der Waals surface area contributed by atoms with E-state index in [4.69, 9.17) is 15.9 Å². The van der Waals surface area contributed by atoms with Gasteiger partial charge in [0, 0.05) is 6.42 Å². The zero-order valence-corrected chi connectivity index (χ0v) is 12.0. The van der Waals surface area contributed by atoms with Crippen LogP contribution in [0.5, 0.6) is 0 Å². The van der Waals surface area contributed by atoms with Crippen molar-refractivity contribution in [1.29, 1.82) is 0 Å². The number of carboxylic acids is 2. The average molecular weight is 319 g/mol. The van der Waals surface area contributed by atoms with Crippen LogP contribution in [0.3, 0.4) is 0 Å². The number of unbranched alkanes of at least 4 members (excludes halogenated alkanes) is 1. The molecule has 0 spiro atoms. The second kappa shape index (κ2) is 11.3. The van der Waals surface area contributed by atoms with Crippen LogP contribution < -0.4 is 16.4 Å². The van der Waals surface area contributed by atoms with E-state index in [2.05, 4.69) is 15.4 Å². The maximum atomic E-state index is 11.7. The third kappa shape index (κ3) is 9.53. The number of nitrogens with two attached hydrogens (primary N) is 1. The van der Waals surface area contributed by atoms with Gasteiger partial charge in [-0.3, -0.25) is 9.59 Å². The molecule has 2 amide bonds. The van der Waals surface area contributed by atoms with Gasteiger partial charge in [-0.25, -0.2) is 9.59 Å². The fraction of sp³-hybridized carbons (Fsp3) is 0.667.